The summed E-state index contributed by atoms with van der Waals surface area (Å²) in [4.78, 5) is 45.5. The Kier molecular flexibility index (Phi) is 11.5. The Labute approximate surface area is 257 Å². The number of rotatable bonds is 13. The standard InChI is InChI=1S/C34H40F2N4O4/c1-8-27-25(31-21(4)10-9-11-22(31)5)16-24(18-37-27)28(17-30(41)42)38-33(43)29(14-20(2)3)40-19-23(12-13-39(6)7)15-26(32(35)36)34(40)44/h1,9-11,15-16,18-20,28-29,32H,12-14,17H2,2-7H3,(H,38,43)(H,41,42)/t28-,29+/m0/s1. The minimum atomic E-state index is -3.03. The highest BCUT2D eigenvalue weighted by Gasteiger charge is 2.29. The van der Waals surface area contributed by atoms with Crippen LogP contribution in [0.25, 0.3) is 11.1 Å². The van der Waals surface area contributed by atoms with E-state index in [1.807, 2.05) is 64.9 Å². The van der Waals surface area contributed by atoms with Crippen molar-refractivity contribution in [1.82, 2.24) is 19.8 Å². The lowest BCUT2D eigenvalue weighted by molar-refractivity contribution is -0.138. The predicted octanol–water partition coefficient (Wildman–Crippen LogP) is 5.47. The smallest absolute Gasteiger partial charge is 0.305 e. The fourth-order valence-electron chi connectivity index (χ4n) is 5.27. The van der Waals surface area contributed by atoms with Crippen molar-refractivity contribution in [2.75, 3.05) is 20.6 Å². The zero-order valence-corrected chi connectivity index (χ0v) is 26.0. The molecule has 0 saturated heterocycles. The molecule has 10 heteroatoms. The van der Waals surface area contributed by atoms with E-state index in [2.05, 4.69) is 16.2 Å². The molecule has 0 saturated carbocycles. The molecular formula is C34H40F2N4O4. The van der Waals surface area contributed by atoms with Gasteiger partial charge >= 0.3 is 5.97 Å². The number of hydrogen-bond donors (Lipinski definition) is 2. The van der Waals surface area contributed by atoms with Crippen LogP contribution in [-0.2, 0) is 16.0 Å². The van der Waals surface area contributed by atoms with Crippen LogP contribution < -0.4 is 10.9 Å². The maximum absolute atomic E-state index is 14.0. The number of terminal acetylenes is 1. The van der Waals surface area contributed by atoms with E-state index in [0.717, 1.165) is 21.3 Å². The molecule has 2 aromatic heterocycles. The average Bonchev–Trinajstić information content (AvgIpc) is 2.94. The van der Waals surface area contributed by atoms with Crippen LogP contribution in [0.2, 0.25) is 0 Å². The summed E-state index contributed by atoms with van der Waals surface area (Å²) < 4.78 is 29.0. The third kappa shape index (κ3) is 8.38. The quantitative estimate of drug-likeness (QED) is 0.250. The number of hydrogen-bond acceptors (Lipinski definition) is 5. The zero-order chi connectivity index (χ0) is 32.7. The van der Waals surface area contributed by atoms with Gasteiger partial charge in [-0.25, -0.2) is 13.8 Å². The Bertz CT molecular complexity index is 1590. The Morgan fingerprint density at radius 2 is 1.82 bits per heavy atom. The number of carboxylic acids is 1. The Morgan fingerprint density at radius 1 is 1.16 bits per heavy atom. The van der Waals surface area contributed by atoms with Crippen LogP contribution in [0.15, 0.2) is 47.5 Å². The van der Waals surface area contributed by atoms with Crippen molar-refractivity contribution in [3.8, 4) is 23.5 Å². The van der Waals surface area contributed by atoms with Gasteiger partial charge in [-0.2, -0.15) is 0 Å². The van der Waals surface area contributed by atoms with Gasteiger partial charge in [-0.3, -0.25) is 14.4 Å². The summed E-state index contributed by atoms with van der Waals surface area (Å²) in [5.41, 5.74) is 2.98. The lowest BCUT2D eigenvalue weighted by Gasteiger charge is -2.26. The highest BCUT2D eigenvalue weighted by molar-refractivity contribution is 5.82. The maximum atomic E-state index is 14.0. The number of alkyl halides is 2. The topological polar surface area (TPSA) is 105 Å². The third-order valence-electron chi connectivity index (χ3n) is 7.44. The number of nitrogens with one attached hydrogen (secondary N) is 1. The second-order valence-corrected chi connectivity index (χ2v) is 11.8. The zero-order valence-electron chi connectivity index (χ0n) is 26.0. The molecule has 2 atom stereocenters. The Hall–Kier alpha value is -4.36. The van der Waals surface area contributed by atoms with Gasteiger partial charge < -0.3 is 19.9 Å². The molecule has 0 unspecified atom stereocenters. The number of aryl methyl sites for hydroxylation is 2. The molecule has 1 amide bonds. The minimum Gasteiger partial charge on any atom is -0.481 e. The molecule has 3 rings (SSSR count). The first kappa shape index (κ1) is 34.1. The maximum Gasteiger partial charge on any atom is 0.305 e. The third-order valence-corrected chi connectivity index (χ3v) is 7.44. The van der Waals surface area contributed by atoms with E-state index in [1.165, 1.54) is 18.5 Å². The normalized spacial score (nSPS) is 12.8. The van der Waals surface area contributed by atoms with Crippen LogP contribution in [0.4, 0.5) is 8.78 Å². The molecule has 3 aromatic rings. The predicted molar refractivity (Wildman–Crippen MR) is 167 cm³/mol. The van der Waals surface area contributed by atoms with Crippen LogP contribution >= 0.6 is 0 Å². The number of carbonyl (C=O) groups excluding carboxylic acids is 1. The molecule has 234 valence electrons. The van der Waals surface area contributed by atoms with E-state index >= 15 is 0 Å². The molecule has 0 aliphatic rings. The molecule has 0 fully saturated rings. The number of pyridine rings is 2. The van der Waals surface area contributed by atoms with Gasteiger partial charge in [-0.05, 0) is 92.6 Å². The lowest BCUT2D eigenvalue weighted by Crippen LogP contribution is -2.41. The highest BCUT2D eigenvalue weighted by atomic mass is 19.3. The summed E-state index contributed by atoms with van der Waals surface area (Å²) in [5.74, 6) is 0.656. The molecule has 44 heavy (non-hydrogen) atoms. The van der Waals surface area contributed by atoms with Crippen molar-refractivity contribution in [1.29, 1.82) is 0 Å². The van der Waals surface area contributed by atoms with Crippen LogP contribution in [0.1, 0.15) is 78.7 Å². The van der Waals surface area contributed by atoms with E-state index in [4.69, 9.17) is 6.42 Å². The minimum absolute atomic E-state index is 0.0942. The van der Waals surface area contributed by atoms with Crippen LogP contribution in [-0.4, -0.2) is 52.1 Å². The molecular weight excluding hydrogens is 566 g/mol. The molecule has 0 bridgehead atoms. The van der Waals surface area contributed by atoms with Gasteiger partial charge in [-0.1, -0.05) is 32.0 Å². The number of carboxylic acid groups (broad SMARTS) is 1. The summed E-state index contributed by atoms with van der Waals surface area (Å²) in [5, 5.41) is 12.6. The lowest BCUT2D eigenvalue weighted by atomic mass is 9.92. The number of carbonyl (C=O) groups is 2. The number of aromatic nitrogens is 2. The van der Waals surface area contributed by atoms with Gasteiger partial charge in [0.2, 0.25) is 5.91 Å². The molecule has 8 nitrogen and oxygen atoms in total. The molecule has 0 aliphatic heterocycles. The van der Waals surface area contributed by atoms with Gasteiger partial charge in [0.1, 0.15) is 11.7 Å². The number of aliphatic carboxylic acids is 1. The van der Waals surface area contributed by atoms with E-state index in [9.17, 15) is 28.3 Å². The number of likely N-dealkylation sites (N-methyl/N-ethyl adjacent to an activating group) is 1. The van der Waals surface area contributed by atoms with Gasteiger partial charge in [0.25, 0.3) is 12.0 Å². The van der Waals surface area contributed by atoms with Crippen molar-refractivity contribution in [2.24, 2.45) is 5.92 Å². The fourth-order valence-corrected chi connectivity index (χ4v) is 5.27. The Balaban J connectivity index is 2.12. The highest BCUT2D eigenvalue weighted by Crippen LogP contribution is 2.32. The molecule has 0 radical (unpaired) electrons. The average molecular weight is 607 g/mol. The van der Waals surface area contributed by atoms with E-state index in [1.54, 1.807) is 6.07 Å². The Morgan fingerprint density at radius 3 is 2.36 bits per heavy atom. The summed E-state index contributed by atoms with van der Waals surface area (Å²) in [6.07, 6.45) is 5.68. The van der Waals surface area contributed by atoms with Gasteiger partial charge in [0.05, 0.1) is 18.0 Å². The largest absolute Gasteiger partial charge is 0.481 e. The number of benzene rings is 1. The van der Waals surface area contributed by atoms with Crippen molar-refractivity contribution in [3.05, 3.63) is 86.6 Å². The SMILES string of the molecule is C#Cc1ncc([C@H](CC(=O)O)NC(=O)[C@@H](CC(C)C)n2cc(CCN(C)C)cc(C(F)F)c2=O)cc1-c1c(C)cccc1C. The number of amides is 1. The van der Waals surface area contributed by atoms with Crippen molar-refractivity contribution >= 4 is 11.9 Å². The monoisotopic (exact) mass is 606 g/mol. The first-order valence-corrected chi connectivity index (χ1v) is 14.5. The summed E-state index contributed by atoms with van der Waals surface area (Å²) in [6.45, 7) is 8.11. The van der Waals surface area contributed by atoms with E-state index in [0.29, 0.717) is 35.3 Å². The molecule has 2 N–H and O–H groups in total. The van der Waals surface area contributed by atoms with Crippen LogP contribution in [0, 0.1) is 32.1 Å². The number of nitrogens with zero attached hydrogens (tertiary/aromatic N) is 3. The first-order valence-electron chi connectivity index (χ1n) is 14.5. The van der Waals surface area contributed by atoms with Crippen LogP contribution in [0.3, 0.4) is 0 Å². The van der Waals surface area contributed by atoms with E-state index < -0.39 is 47.9 Å². The molecule has 0 aliphatic carbocycles. The van der Waals surface area contributed by atoms with Gasteiger partial charge in [0, 0.05) is 24.5 Å². The summed E-state index contributed by atoms with van der Waals surface area (Å²) in [6, 6.07) is 6.50. The van der Waals surface area contributed by atoms with Gasteiger partial charge in [-0.15, -0.1) is 6.42 Å². The van der Waals surface area contributed by atoms with Crippen molar-refractivity contribution < 1.29 is 23.5 Å². The summed E-state index contributed by atoms with van der Waals surface area (Å²) in [7, 11) is 3.69. The van der Waals surface area contributed by atoms with Crippen LogP contribution in [0.5, 0.6) is 0 Å². The number of halogens is 2. The molecule has 0 spiro atoms. The first-order chi connectivity index (χ1) is 20.7. The fraction of sp³-hybridized carbons (Fsp3) is 0.412. The summed E-state index contributed by atoms with van der Waals surface area (Å²) >= 11 is 0. The van der Waals surface area contributed by atoms with Gasteiger partial charge in [0.15, 0.2) is 0 Å². The second-order valence-electron chi connectivity index (χ2n) is 11.8. The molecule has 1 aromatic carbocycles. The van der Waals surface area contributed by atoms with Crippen molar-refractivity contribution in [3.63, 3.8) is 0 Å². The van der Waals surface area contributed by atoms with Crippen molar-refractivity contribution in [2.45, 2.75) is 65.5 Å². The molecule has 2 heterocycles. The second kappa shape index (κ2) is 14.9. The van der Waals surface area contributed by atoms with E-state index in [-0.39, 0.29) is 12.3 Å².